The topological polar surface area (TPSA) is 48.4 Å². The summed E-state index contributed by atoms with van der Waals surface area (Å²) in [4.78, 5) is 14.6. The summed E-state index contributed by atoms with van der Waals surface area (Å²) in [5, 5.41) is 0. The van der Waals surface area contributed by atoms with Crippen molar-refractivity contribution in [3.8, 4) is 0 Å². The van der Waals surface area contributed by atoms with E-state index < -0.39 is 12.7 Å². The highest BCUT2D eigenvalue weighted by Crippen LogP contribution is 2.28. The number of carbonyl (C=O) groups is 1. The normalized spacial score (nSPS) is 18.4. The fraction of sp³-hybridized carbons (Fsp3) is 0.273. The molecule has 2 heterocycles. The van der Waals surface area contributed by atoms with Gasteiger partial charge in [0, 0.05) is 23.4 Å². The van der Waals surface area contributed by atoms with Gasteiger partial charge in [0.1, 0.15) is 5.60 Å². The first-order chi connectivity index (χ1) is 7.53. The quantitative estimate of drug-likeness (QED) is 0.546. The van der Waals surface area contributed by atoms with Gasteiger partial charge >= 0.3 is 7.12 Å². The summed E-state index contributed by atoms with van der Waals surface area (Å²) < 4.78 is 11.2. The fourth-order valence-corrected chi connectivity index (χ4v) is 1.43. The Kier molecular flexibility index (Phi) is 2.55. The Bertz CT molecular complexity index is 445. The van der Waals surface area contributed by atoms with Crippen LogP contribution in [0.3, 0.4) is 0 Å². The number of aromatic nitrogens is 1. The first kappa shape index (κ1) is 10.9. The largest absolute Gasteiger partial charge is 0.564 e. The highest BCUT2D eigenvalue weighted by atomic mass is 16.7. The van der Waals surface area contributed by atoms with E-state index in [2.05, 4.69) is 11.6 Å². The predicted molar refractivity (Wildman–Crippen MR) is 60.4 cm³/mol. The third kappa shape index (κ3) is 1.86. The smallest absolute Gasteiger partial charge is 0.534 e. The Balaban J connectivity index is 2.26. The summed E-state index contributed by atoms with van der Waals surface area (Å²) >= 11 is 0. The average molecular weight is 217 g/mol. The van der Waals surface area contributed by atoms with Gasteiger partial charge in [-0.3, -0.25) is 9.78 Å². The molecule has 1 aromatic heterocycles. The maximum atomic E-state index is 10.6. The van der Waals surface area contributed by atoms with Gasteiger partial charge in [0.15, 0.2) is 6.29 Å². The minimum atomic E-state index is -0.533. The molecule has 1 aliphatic heterocycles. The van der Waals surface area contributed by atoms with Crippen LogP contribution in [-0.4, -0.2) is 24.0 Å². The van der Waals surface area contributed by atoms with Crippen LogP contribution in [0.25, 0.3) is 0 Å². The van der Waals surface area contributed by atoms with Gasteiger partial charge in [-0.2, -0.15) is 0 Å². The van der Waals surface area contributed by atoms with Crippen molar-refractivity contribution in [2.75, 3.05) is 0 Å². The number of rotatable bonds is 2. The minimum absolute atomic E-state index is 0.500. The van der Waals surface area contributed by atoms with Crippen molar-refractivity contribution in [2.45, 2.75) is 19.4 Å². The zero-order chi connectivity index (χ0) is 11.8. The Morgan fingerprint density at radius 3 is 2.81 bits per heavy atom. The van der Waals surface area contributed by atoms with E-state index in [1.807, 2.05) is 13.8 Å². The van der Waals surface area contributed by atoms with Crippen molar-refractivity contribution in [1.29, 1.82) is 0 Å². The van der Waals surface area contributed by atoms with Crippen LogP contribution in [0.15, 0.2) is 30.8 Å². The molecule has 0 unspecified atom stereocenters. The molecule has 0 spiro atoms. The molecule has 0 N–H and O–H groups in total. The van der Waals surface area contributed by atoms with Gasteiger partial charge in [-0.05, 0) is 19.9 Å². The van der Waals surface area contributed by atoms with E-state index in [1.165, 1.54) is 6.20 Å². The molecule has 5 heteroatoms. The lowest BCUT2D eigenvalue weighted by Gasteiger charge is -2.15. The SMILES string of the molecule is C=C1OB(c2cncc(C=O)c2)OC1(C)C. The second kappa shape index (κ2) is 3.75. The van der Waals surface area contributed by atoms with E-state index in [9.17, 15) is 4.79 Å². The Morgan fingerprint density at radius 2 is 2.25 bits per heavy atom. The molecule has 82 valence electrons. The molecule has 1 aliphatic rings. The molecule has 0 aromatic carbocycles. The highest BCUT2D eigenvalue weighted by Gasteiger charge is 2.42. The summed E-state index contributed by atoms with van der Waals surface area (Å²) in [6, 6.07) is 1.69. The molecule has 0 saturated carbocycles. The van der Waals surface area contributed by atoms with Crippen molar-refractivity contribution in [3.05, 3.63) is 36.4 Å². The van der Waals surface area contributed by atoms with E-state index >= 15 is 0 Å². The lowest BCUT2D eigenvalue weighted by molar-refractivity contribution is 0.112. The first-order valence-electron chi connectivity index (χ1n) is 4.97. The molecule has 1 saturated heterocycles. The second-order valence-corrected chi connectivity index (χ2v) is 4.17. The number of aldehydes is 1. The van der Waals surface area contributed by atoms with E-state index in [0.29, 0.717) is 11.3 Å². The van der Waals surface area contributed by atoms with Crippen molar-refractivity contribution in [1.82, 2.24) is 4.98 Å². The molecule has 4 nitrogen and oxygen atoms in total. The van der Waals surface area contributed by atoms with Crippen molar-refractivity contribution in [3.63, 3.8) is 0 Å². The van der Waals surface area contributed by atoms with Gasteiger partial charge in [0.05, 0.1) is 5.76 Å². The molecule has 16 heavy (non-hydrogen) atoms. The summed E-state index contributed by atoms with van der Waals surface area (Å²) in [5.41, 5.74) is 0.707. The maximum Gasteiger partial charge on any atom is 0.564 e. The van der Waals surface area contributed by atoms with Crippen molar-refractivity contribution >= 4 is 18.9 Å². The first-order valence-corrected chi connectivity index (χ1v) is 4.97. The van der Waals surface area contributed by atoms with Gasteiger partial charge in [-0.1, -0.05) is 6.58 Å². The molecule has 0 bridgehead atoms. The Morgan fingerprint density at radius 1 is 1.50 bits per heavy atom. The summed E-state index contributed by atoms with van der Waals surface area (Å²) in [6.45, 7) is 7.55. The zero-order valence-electron chi connectivity index (χ0n) is 9.27. The molecular weight excluding hydrogens is 205 g/mol. The zero-order valence-corrected chi connectivity index (χ0v) is 9.27. The monoisotopic (exact) mass is 217 g/mol. The molecule has 0 radical (unpaired) electrons. The van der Waals surface area contributed by atoms with Gasteiger partial charge in [0.2, 0.25) is 0 Å². The maximum absolute atomic E-state index is 10.6. The number of carbonyl (C=O) groups excluding carboxylic acids is 1. The Hall–Kier alpha value is -1.62. The number of nitrogens with zero attached hydrogens (tertiary/aromatic N) is 1. The summed E-state index contributed by atoms with van der Waals surface area (Å²) in [7, 11) is -0.533. The fourth-order valence-electron chi connectivity index (χ4n) is 1.43. The van der Waals surface area contributed by atoms with Crippen LogP contribution in [0, 0.1) is 0 Å². The van der Waals surface area contributed by atoms with Crippen LogP contribution in [0.1, 0.15) is 24.2 Å². The van der Waals surface area contributed by atoms with Crippen LogP contribution in [0.2, 0.25) is 0 Å². The second-order valence-electron chi connectivity index (χ2n) is 4.17. The Labute approximate surface area is 94.4 Å². The van der Waals surface area contributed by atoms with E-state index in [1.54, 1.807) is 12.3 Å². The van der Waals surface area contributed by atoms with Gasteiger partial charge < -0.3 is 9.31 Å². The number of pyridine rings is 1. The molecule has 2 rings (SSSR count). The molecule has 1 fully saturated rings. The third-order valence-electron chi connectivity index (χ3n) is 2.51. The van der Waals surface area contributed by atoms with Gasteiger partial charge in [0.25, 0.3) is 0 Å². The summed E-state index contributed by atoms with van der Waals surface area (Å²) in [5.74, 6) is 0.578. The molecule has 1 aromatic rings. The predicted octanol–water partition coefficient (Wildman–Crippen LogP) is 0.928. The molecule has 0 aliphatic carbocycles. The van der Waals surface area contributed by atoms with Crippen molar-refractivity contribution < 1.29 is 14.1 Å². The average Bonchev–Trinajstić information content (AvgIpc) is 2.54. The lowest BCUT2D eigenvalue weighted by Crippen LogP contribution is -2.34. The standard InChI is InChI=1S/C11H12BNO3/c1-8-11(2,3)16-12(15-8)10-4-9(7-14)5-13-6-10/h4-7H,1H2,2-3H3. The minimum Gasteiger partial charge on any atom is -0.534 e. The number of hydrogen-bond donors (Lipinski definition) is 0. The molecule has 0 amide bonds. The lowest BCUT2D eigenvalue weighted by atomic mass is 9.80. The van der Waals surface area contributed by atoms with Crippen LogP contribution in [0.4, 0.5) is 0 Å². The van der Waals surface area contributed by atoms with E-state index in [0.717, 1.165) is 11.7 Å². The van der Waals surface area contributed by atoms with Gasteiger partial charge in [-0.15, -0.1) is 0 Å². The number of hydrogen-bond acceptors (Lipinski definition) is 4. The third-order valence-corrected chi connectivity index (χ3v) is 2.51. The molecule has 0 atom stereocenters. The molecular formula is C11H12BNO3. The van der Waals surface area contributed by atoms with Crippen molar-refractivity contribution in [2.24, 2.45) is 0 Å². The van der Waals surface area contributed by atoms with Gasteiger partial charge in [-0.25, -0.2) is 0 Å². The highest BCUT2D eigenvalue weighted by molar-refractivity contribution is 6.62. The van der Waals surface area contributed by atoms with Crippen LogP contribution < -0.4 is 5.46 Å². The van der Waals surface area contributed by atoms with E-state index in [4.69, 9.17) is 9.31 Å². The van der Waals surface area contributed by atoms with Crippen LogP contribution in [0.5, 0.6) is 0 Å². The summed E-state index contributed by atoms with van der Waals surface area (Å²) in [6.07, 6.45) is 3.85. The van der Waals surface area contributed by atoms with Crippen LogP contribution >= 0.6 is 0 Å². The van der Waals surface area contributed by atoms with E-state index in [-0.39, 0.29) is 0 Å². The van der Waals surface area contributed by atoms with Crippen LogP contribution in [-0.2, 0) is 9.31 Å².